The van der Waals surface area contributed by atoms with E-state index >= 15 is 0 Å². The van der Waals surface area contributed by atoms with Crippen molar-refractivity contribution in [2.45, 2.75) is 34.1 Å². The SMILES string of the molecule is C#CC/C=C\C(=C/C)C(C)/C=C\C(=C/CF)C(C)C(=C)C. The predicted molar refractivity (Wildman–Crippen MR) is 92.7 cm³/mol. The summed E-state index contributed by atoms with van der Waals surface area (Å²) in [5.41, 5.74) is 3.20. The molecule has 1 heteroatoms. The molecule has 0 aliphatic carbocycles. The van der Waals surface area contributed by atoms with Crippen LogP contribution in [0, 0.1) is 24.2 Å². The normalized spacial score (nSPS) is 16.2. The van der Waals surface area contributed by atoms with E-state index in [-0.39, 0.29) is 11.8 Å². The fourth-order valence-corrected chi connectivity index (χ4v) is 1.90. The Bertz CT molecular complexity index is 480. The highest BCUT2D eigenvalue weighted by Gasteiger charge is 2.07. The average Bonchev–Trinajstić information content (AvgIpc) is 2.46. The highest BCUT2D eigenvalue weighted by atomic mass is 19.1. The van der Waals surface area contributed by atoms with Gasteiger partial charge in [0.1, 0.15) is 6.67 Å². The number of halogens is 1. The van der Waals surface area contributed by atoms with E-state index in [4.69, 9.17) is 6.42 Å². The number of rotatable bonds is 8. The van der Waals surface area contributed by atoms with Gasteiger partial charge in [0.05, 0.1) is 0 Å². The van der Waals surface area contributed by atoms with E-state index < -0.39 is 6.67 Å². The summed E-state index contributed by atoms with van der Waals surface area (Å²) in [7, 11) is 0. The molecule has 0 bridgehead atoms. The molecule has 0 heterocycles. The van der Waals surface area contributed by atoms with Crippen LogP contribution in [0.4, 0.5) is 4.39 Å². The van der Waals surface area contributed by atoms with E-state index in [1.54, 1.807) is 6.08 Å². The van der Waals surface area contributed by atoms with E-state index in [9.17, 15) is 4.39 Å². The quantitative estimate of drug-likeness (QED) is 0.300. The molecule has 0 aromatic carbocycles. The molecule has 2 atom stereocenters. The summed E-state index contributed by atoms with van der Waals surface area (Å²) >= 11 is 0. The Kier molecular flexibility index (Phi) is 9.98. The molecule has 0 spiro atoms. The van der Waals surface area contributed by atoms with Gasteiger partial charge in [0.25, 0.3) is 0 Å². The van der Waals surface area contributed by atoms with Gasteiger partial charge in [0, 0.05) is 12.3 Å². The van der Waals surface area contributed by atoms with Crippen molar-refractivity contribution in [3.63, 3.8) is 0 Å². The highest BCUT2D eigenvalue weighted by Crippen LogP contribution is 2.22. The molecule has 0 rings (SSSR count). The highest BCUT2D eigenvalue weighted by molar-refractivity contribution is 5.31. The van der Waals surface area contributed by atoms with Crippen LogP contribution in [-0.4, -0.2) is 6.67 Å². The smallest absolute Gasteiger partial charge is 0.108 e. The van der Waals surface area contributed by atoms with Gasteiger partial charge in [-0.25, -0.2) is 4.39 Å². The van der Waals surface area contributed by atoms with Crippen molar-refractivity contribution in [1.82, 2.24) is 0 Å². The van der Waals surface area contributed by atoms with Gasteiger partial charge in [-0.2, -0.15) is 0 Å². The maximum absolute atomic E-state index is 12.6. The summed E-state index contributed by atoms with van der Waals surface area (Å²) in [4.78, 5) is 0. The van der Waals surface area contributed by atoms with Crippen LogP contribution in [0.25, 0.3) is 0 Å². The van der Waals surface area contributed by atoms with Crippen molar-refractivity contribution in [2.75, 3.05) is 6.67 Å². The Labute approximate surface area is 129 Å². The fraction of sp³-hybridized carbons (Fsp3) is 0.400. The number of terminal acetylenes is 1. The number of hydrogen-bond acceptors (Lipinski definition) is 0. The summed E-state index contributed by atoms with van der Waals surface area (Å²) in [6.07, 6.45) is 17.7. The zero-order chi connectivity index (χ0) is 16.3. The molecule has 114 valence electrons. The summed E-state index contributed by atoms with van der Waals surface area (Å²) in [5, 5.41) is 0. The van der Waals surface area contributed by atoms with Gasteiger partial charge in [0.2, 0.25) is 0 Å². The van der Waals surface area contributed by atoms with Crippen molar-refractivity contribution in [3.05, 3.63) is 59.8 Å². The average molecular weight is 286 g/mol. The van der Waals surface area contributed by atoms with E-state index in [1.165, 1.54) is 5.57 Å². The van der Waals surface area contributed by atoms with Gasteiger partial charge in [-0.3, -0.25) is 0 Å². The molecule has 21 heavy (non-hydrogen) atoms. The third kappa shape index (κ3) is 7.51. The molecule has 0 N–H and O–H groups in total. The van der Waals surface area contributed by atoms with Crippen LogP contribution >= 0.6 is 0 Å². The molecular weight excluding hydrogens is 259 g/mol. The fourth-order valence-electron chi connectivity index (χ4n) is 1.90. The first-order chi connectivity index (χ1) is 9.97. The lowest BCUT2D eigenvalue weighted by atomic mass is 9.92. The molecule has 0 aliphatic heterocycles. The maximum Gasteiger partial charge on any atom is 0.108 e. The zero-order valence-electron chi connectivity index (χ0n) is 13.7. The van der Waals surface area contributed by atoms with E-state index in [0.717, 1.165) is 11.1 Å². The Hall–Kier alpha value is -1.81. The molecule has 0 radical (unpaired) electrons. The second-order valence-corrected chi connectivity index (χ2v) is 5.17. The van der Waals surface area contributed by atoms with Gasteiger partial charge in [-0.1, -0.05) is 56.4 Å². The molecule has 0 fully saturated rings. The monoisotopic (exact) mass is 286 g/mol. The van der Waals surface area contributed by atoms with Crippen molar-refractivity contribution in [1.29, 1.82) is 0 Å². The molecule has 2 unspecified atom stereocenters. The molecule has 0 saturated carbocycles. The largest absolute Gasteiger partial charge is 0.247 e. The van der Waals surface area contributed by atoms with Crippen molar-refractivity contribution >= 4 is 0 Å². The van der Waals surface area contributed by atoms with Crippen molar-refractivity contribution in [2.24, 2.45) is 11.8 Å². The third-order valence-corrected chi connectivity index (χ3v) is 3.53. The van der Waals surface area contributed by atoms with Crippen LogP contribution in [-0.2, 0) is 0 Å². The minimum Gasteiger partial charge on any atom is -0.247 e. The van der Waals surface area contributed by atoms with E-state index in [0.29, 0.717) is 6.42 Å². The number of alkyl halides is 1. The Balaban J connectivity index is 5.01. The van der Waals surface area contributed by atoms with Gasteiger partial charge < -0.3 is 0 Å². The first-order valence-electron chi connectivity index (χ1n) is 7.33. The van der Waals surface area contributed by atoms with Crippen molar-refractivity contribution < 1.29 is 4.39 Å². The number of hydrogen-bond donors (Lipinski definition) is 0. The Morgan fingerprint density at radius 1 is 1.29 bits per heavy atom. The van der Waals surface area contributed by atoms with Crippen LogP contribution < -0.4 is 0 Å². The topological polar surface area (TPSA) is 0 Å². The molecule has 0 aromatic heterocycles. The molecule has 0 saturated heterocycles. The summed E-state index contributed by atoms with van der Waals surface area (Å²) in [5.74, 6) is 3.00. The minimum absolute atomic E-state index is 0.162. The number of allylic oxidation sites excluding steroid dienone is 9. The zero-order valence-corrected chi connectivity index (χ0v) is 13.7. The molecular formula is C20H27F. The minimum atomic E-state index is -0.454. The first-order valence-corrected chi connectivity index (χ1v) is 7.33. The standard InChI is InChI=1S/C20H27F/c1-7-9-10-11-19(8-2)17(5)12-13-20(14-15-21)18(6)16(3)4/h1,8,10-14,17-18H,3,9,15H2,2,4-6H3/b11-10-,13-12-,19-8+,20-14+. The van der Waals surface area contributed by atoms with Gasteiger partial charge in [0.15, 0.2) is 0 Å². The molecule has 0 aromatic rings. The van der Waals surface area contributed by atoms with Crippen LogP contribution in [0.15, 0.2) is 59.8 Å². The second-order valence-electron chi connectivity index (χ2n) is 5.17. The lowest BCUT2D eigenvalue weighted by Gasteiger charge is -2.14. The van der Waals surface area contributed by atoms with Gasteiger partial charge >= 0.3 is 0 Å². The van der Waals surface area contributed by atoms with Gasteiger partial charge in [-0.15, -0.1) is 12.3 Å². The van der Waals surface area contributed by atoms with E-state index in [2.05, 4.69) is 37.7 Å². The van der Waals surface area contributed by atoms with Crippen LogP contribution in [0.2, 0.25) is 0 Å². The van der Waals surface area contributed by atoms with Crippen LogP contribution in [0.1, 0.15) is 34.1 Å². The van der Waals surface area contributed by atoms with E-state index in [1.807, 2.05) is 32.9 Å². The molecule has 0 aliphatic rings. The lowest BCUT2D eigenvalue weighted by molar-refractivity contribution is 0.557. The second kappa shape index (κ2) is 10.9. The summed E-state index contributed by atoms with van der Waals surface area (Å²) < 4.78 is 12.6. The Morgan fingerprint density at radius 3 is 2.43 bits per heavy atom. The summed E-state index contributed by atoms with van der Waals surface area (Å²) in [6, 6.07) is 0. The third-order valence-electron chi connectivity index (χ3n) is 3.53. The van der Waals surface area contributed by atoms with Crippen LogP contribution in [0.3, 0.4) is 0 Å². The Morgan fingerprint density at radius 2 is 1.95 bits per heavy atom. The first kappa shape index (κ1) is 19.2. The molecule has 0 nitrogen and oxygen atoms in total. The van der Waals surface area contributed by atoms with Gasteiger partial charge in [-0.05, 0) is 37.0 Å². The maximum atomic E-state index is 12.6. The molecule has 0 amide bonds. The van der Waals surface area contributed by atoms with Crippen LogP contribution in [0.5, 0.6) is 0 Å². The predicted octanol–water partition coefficient (Wildman–Crippen LogP) is 5.81. The van der Waals surface area contributed by atoms with Crippen molar-refractivity contribution in [3.8, 4) is 12.3 Å². The summed E-state index contributed by atoms with van der Waals surface area (Å²) in [6.45, 7) is 11.6. The lowest BCUT2D eigenvalue weighted by Crippen LogP contribution is -2.00.